The van der Waals surface area contributed by atoms with E-state index in [1.807, 2.05) is 43.3 Å². The molecule has 0 spiro atoms. The zero-order valence-corrected chi connectivity index (χ0v) is 14.4. The Morgan fingerprint density at radius 1 is 1.26 bits per heavy atom. The predicted molar refractivity (Wildman–Crippen MR) is 91.9 cm³/mol. The molecule has 0 fully saturated rings. The van der Waals surface area contributed by atoms with Crippen LogP contribution in [0.1, 0.15) is 32.6 Å². The molecule has 0 aliphatic heterocycles. The van der Waals surface area contributed by atoms with Gasteiger partial charge in [0.15, 0.2) is 0 Å². The zero-order chi connectivity index (χ0) is 16.8. The molecule has 0 unspecified atom stereocenters. The van der Waals surface area contributed by atoms with Crippen molar-refractivity contribution < 1.29 is 14.3 Å². The van der Waals surface area contributed by atoms with Gasteiger partial charge >= 0.3 is 5.97 Å². The number of aryl methyl sites for hydroxylation is 2. The second kappa shape index (κ2) is 7.92. The fourth-order valence-corrected chi connectivity index (χ4v) is 3.41. The molecule has 1 aromatic heterocycles. The number of carbonyl (C=O) groups is 2. The van der Waals surface area contributed by atoms with Crippen LogP contribution in [0.5, 0.6) is 0 Å². The first-order chi connectivity index (χ1) is 11.0. The summed E-state index contributed by atoms with van der Waals surface area (Å²) in [5.74, 6) is -0.671. The number of thiophene rings is 1. The molecule has 0 saturated heterocycles. The first-order valence-corrected chi connectivity index (χ1v) is 8.38. The molecule has 0 aliphatic rings. The van der Waals surface area contributed by atoms with Crippen molar-refractivity contribution in [3.63, 3.8) is 0 Å². The number of methoxy groups -OCH3 is 1. The number of carbonyl (C=O) groups excluding carboxylic acids is 2. The number of nitrogens with one attached hydrogen (secondary N) is 1. The number of rotatable bonds is 6. The lowest BCUT2D eigenvalue weighted by Gasteiger charge is -2.16. The molecule has 0 bridgehead atoms. The molecule has 5 heteroatoms. The van der Waals surface area contributed by atoms with Crippen LogP contribution in [0.25, 0.3) is 0 Å². The molecule has 4 nitrogen and oxygen atoms in total. The fourth-order valence-electron chi connectivity index (χ4n) is 2.40. The molecule has 1 N–H and O–H groups in total. The normalized spacial score (nSPS) is 11.8. The summed E-state index contributed by atoms with van der Waals surface area (Å²) in [5.41, 5.74) is 2.14. The van der Waals surface area contributed by atoms with Crippen LogP contribution in [0.4, 0.5) is 0 Å². The SMILES string of the molecule is CCc1cc(C(=O)N[C@H](Cc2ccccc2)C(=O)OC)sc1C. The molecule has 23 heavy (non-hydrogen) atoms. The van der Waals surface area contributed by atoms with Crippen LogP contribution in [-0.4, -0.2) is 25.0 Å². The number of esters is 1. The molecule has 0 radical (unpaired) electrons. The molecule has 1 aromatic carbocycles. The van der Waals surface area contributed by atoms with Crippen LogP contribution in [0.3, 0.4) is 0 Å². The predicted octanol–water partition coefficient (Wildman–Crippen LogP) is 3.13. The highest BCUT2D eigenvalue weighted by atomic mass is 32.1. The fraction of sp³-hybridized carbons (Fsp3) is 0.333. The van der Waals surface area contributed by atoms with Crippen molar-refractivity contribution in [2.75, 3.05) is 7.11 Å². The van der Waals surface area contributed by atoms with E-state index in [0.29, 0.717) is 11.3 Å². The molecular weight excluding hydrogens is 310 g/mol. The molecule has 122 valence electrons. The molecule has 0 aliphatic carbocycles. The summed E-state index contributed by atoms with van der Waals surface area (Å²) >= 11 is 1.45. The highest BCUT2D eigenvalue weighted by molar-refractivity contribution is 7.14. The number of ether oxygens (including phenoxy) is 1. The summed E-state index contributed by atoms with van der Waals surface area (Å²) in [7, 11) is 1.33. The van der Waals surface area contributed by atoms with Crippen molar-refractivity contribution in [3.8, 4) is 0 Å². The minimum absolute atomic E-state index is 0.232. The van der Waals surface area contributed by atoms with Gasteiger partial charge in [-0.3, -0.25) is 4.79 Å². The van der Waals surface area contributed by atoms with Crippen molar-refractivity contribution in [2.24, 2.45) is 0 Å². The number of hydrogen-bond donors (Lipinski definition) is 1. The van der Waals surface area contributed by atoms with Crippen molar-refractivity contribution in [1.82, 2.24) is 5.32 Å². The van der Waals surface area contributed by atoms with Gasteiger partial charge in [-0.2, -0.15) is 0 Å². The Kier molecular flexibility index (Phi) is 5.93. The summed E-state index contributed by atoms with van der Waals surface area (Å²) in [6.07, 6.45) is 1.30. The summed E-state index contributed by atoms with van der Waals surface area (Å²) in [6.45, 7) is 4.06. The Bertz CT molecular complexity index is 679. The monoisotopic (exact) mass is 331 g/mol. The maximum atomic E-state index is 12.4. The summed E-state index contributed by atoms with van der Waals surface area (Å²) in [6, 6.07) is 10.8. The van der Waals surface area contributed by atoms with Crippen molar-refractivity contribution in [3.05, 3.63) is 57.3 Å². The van der Waals surface area contributed by atoms with Crippen LogP contribution < -0.4 is 5.32 Å². The van der Waals surface area contributed by atoms with E-state index in [4.69, 9.17) is 4.74 Å². The summed E-state index contributed by atoms with van der Waals surface area (Å²) in [4.78, 5) is 26.2. The van der Waals surface area contributed by atoms with Gasteiger partial charge in [-0.25, -0.2) is 4.79 Å². The third kappa shape index (κ3) is 4.42. The van der Waals surface area contributed by atoms with Crippen LogP contribution >= 0.6 is 11.3 Å². The second-order valence-electron chi connectivity index (χ2n) is 5.28. The van der Waals surface area contributed by atoms with Crippen molar-refractivity contribution in [1.29, 1.82) is 0 Å². The van der Waals surface area contributed by atoms with Crippen molar-refractivity contribution >= 4 is 23.2 Å². The van der Waals surface area contributed by atoms with Gasteiger partial charge in [0, 0.05) is 11.3 Å². The van der Waals surface area contributed by atoms with Gasteiger partial charge in [-0.1, -0.05) is 37.3 Å². The first kappa shape index (κ1) is 17.2. The Morgan fingerprint density at radius 2 is 1.96 bits per heavy atom. The quantitative estimate of drug-likeness (QED) is 0.828. The van der Waals surface area contributed by atoms with E-state index in [1.165, 1.54) is 18.4 Å². The van der Waals surface area contributed by atoms with E-state index in [-0.39, 0.29) is 5.91 Å². The van der Waals surface area contributed by atoms with Gasteiger partial charge in [-0.05, 0) is 30.5 Å². The van der Waals surface area contributed by atoms with Gasteiger partial charge in [0.25, 0.3) is 5.91 Å². The number of amides is 1. The highest BCUT2D eigenvalue weighted by Crippen LogP contribution is 2.22. The largest absolute Gasteiger partial charge is 0.467 e. The van der Waals surface area contributed by atoms with Gasteiger partial charge in [0.2, 0.25) is 0 Å². The molecule has 1 atom stereocenters. The van der Waals surface area contributed by atoms with Crippen LogP contribution in [0, 0.1) is 6.92 Å². The van der Waals surface area contributed by atoms with E-state index >= 15 is 0 Å². The van der Waals surface area contributed by atoms with E-state index in [1.54, 1.807) is 0 Å². The van der Waals surface area contributed by atoms with E-state index in [2.05, 4.69) is 12.2 Å². The summed E-state index contributed by atoms with van der Waals surface area (Å²) < 4.78 is 4.82. The third-order valence-electron chi connectivity index (χ3n) is 3.70. The number of benzene rings is 1. The van der Waals surface area contributed by atoms with E-state index in [9.17, 15) is 9.59 Å². The van der Waals surface area contributed by atoms with Crippen LogP contribution in [-0.2, 0) is 22.4 Å². The standard InChI is InChI=1S/C18H21NO3S/c1-4-14-11-16(23-12(14)2)17(20)19-15(18(21)22-3)10-13-8-6-5-7-9-13/h5-9,11,15H,4,10H2,1-3H3,(H,19,20)/t15-/m1/s1. The lowest BCUT2D eigenvalue weighted by Crippen LogP contribution is -2.42. The Balaban J connectivity index is 2.13. The molecule has 1 amide bonds. The van der Waals surface area contributed by atoms with Crippen LogP contribution in [0.2, 0.25) is 0 Å². The molecular formula is C18H21NO3S. The summed E-state index contributed by atoms with van der Waals surface area (Å²) in [5, 5.41) is 2.79. The van der Waals surface area contributed by atoms with Crippen LogP contribution in [0.15, 0.2) is 36.4 Å². The molecule has 2 rings (SSSR count). The van der Waals surface area contributed by atoms with Gasteiger partial charge in [0.1, 0.15) is 6.04 Å². The molecule has 1 heterocycles. The third-order valence-corrected chi connectivity index (χ3v) is 4.79. The maximum absolute atomic E-state index is 12.4. The van der Waals surface area contributed by atoms with Gasteiger partial charge < -0.3 is 10.1 Å². The molecule has 0 saturated carbocycles. The van der Waals surface area contributed by atoms with E-state index in [0.717, 1.165) is 22.4 Å². The second-order valence-corrected chi connectivity index (χ2v) is 6.54. The average Bonchev–Trinajstić information content (AvgIpc) is 2.95. The van der Waals surface area contributed by atoms with E-state index < -0.39 is 12.0 Å². The van der Waals surface area contributed by atoms with Crippen molar-refractivity contribution in [2.45, 2.75) is 32.7 Å². The van der Waals surface area contributed by atoms with Gasteiger partial charge in [-0.15, -0.1) is 11.3 Å². The Hall–Kier alpha value is -2.14. The lowest BCUT2D eigenvalue weighted by molar-refractivity contribution is -0.142. The smallest absolute Gasteiger partial charge is 0.328 e. The topological polar surface area (TPSA) is 55.4 Å². The van der Waals surface area contributed by atoms with Gasteiger partial charge in [0.05, 0.1) is 12.0 Å². The minimum Gasteiger partial charge on any atom is -0.467 e. The highest BCUT2D eigenvalue weighted by Gasteiger charge is 2.23. The lowest BCUT2D eigenvalue weighted by atomic mass is 10.1. The number of hydrogen-bond acceptors (Lipinski definition) is 4. The zero-order valence-electron chi connectivity index (χ0n) is 13.6. The average molecular weight is 331 g/mol. The minimum atomic E-state index is -0.692. The molecule has 2 aromatic rings. The Morgan fingerprint density at radius 3 is 2.52 bits per heavy atom. The maximum Gasteiger partial charge on any atom is 0.328 e. The Labute approximate surface area is 140 Å². The first-order valence-electron chi connectivity index (χ1n) is 7.57.